The molecule has 1 nitrogen and oxygen atoms in total. The molecular formula is C35H67N. The first-order valence-corrected chi connectivity index (χ1v) is 15.7. The molecule has 1 saturated heterocycles. The largest absolute Gasteiger partial charge is 0.298 e. The molecular weight excluding hydrogens is 434 g/mol. The smallest absolute Gasteiger partial charge is 0.0126 e. The Morgan fingerprint density at radius 1 is 0.778 bits per heavy atom. The summed E-state index contributed by atoms with van der Waals surface area (Å²) in [6.07, 6.45) is 11.2. The molecule has 212 valence electrons. The highest BCUT2D eigenvalue weighted by molar-refractivity contribution is 5.23. The predicted octanol–water partition coefficient (Wildman–Crippen LogP) is 11.1. The first kappa shape index (κ1) is 33.5. The molecule has 1 unspecified atom stereocenters. The van der Waals surface area contributed by atoms with E-state index >= 15 is 0 Å². The SMILES string of the molecule is CC(C)=C1CCC[C@@]1(C)C(C)C.CC(C)=C1CCC[C@H]1C(C)C.CC(C)C(C)[C@@H]1CCCN1C(C)C. The van der Waals surface area contributed by atoms with Crippen LogP contribution in [0.15, 0.2) is 22.3 Å². The van der Waals surface area contributed by atoms with E-state index in [1.165, 1.54) is 57.9 Å². The molecule has 0 radical (unpaired) electrons. The summed E-state index contributed by atoms with van der Waals surface area (Å²) in [4.78, 5) is 2.69. The molecule has 3 aliphatic rings. The highest BCUT2D eigenvalue weighted by Gasteiger charge is 2.36. The Labute approximate surface area is 229 Å². The molecule has 1 heterocycles. The lowest BCUT2D eigenvalue weighted by Gasteiger charge is -2.34. The summed E-state index contributed by atoms with van der Waals surface area (Å²) in [5.74, 6) is 4.22. The lowest BCUT2D eigenvalue weighted by atomic mass is 9.73. The van der Waals surface area contributed by atoms with Gasteiger partial charge >= 0.3 is 0 Å². The number of rotatable bonds is 5. The number of likely N-dealkylation sites (tertiary alicyclic amines) is 1. The quantitative estimate of drug-likeness (QED) is 0.338. The average Bonchev–Trinajstić information content (AvgIpc) is 3.53. The van der Waals surface area contributed by atoms with E-state index in [4.69, 9.17) is 0 Å². The first-order chi connectivity index (χ1) is 16.6. The summed E-state index contributed by atoms with van der Waals surface area (Å²) >= 11 is 0. The van der Waals surface area contributed by atoms with Crippen LogP contribution in [0.3, 0.4) is 0 Å². The number of nitrogens with zero attached hydrogens (tertiary/aromatic N) is 1. The van der Waals surface area contributed by atoms with Gasteiger partial charge in [-0.1, -0.05) is 77.7 Å². The maximum absolute atomic E-state index is 2.69. The van der Waals surface area contributed by atoms with Crippen molar-refractivity contribution in [3.05, 3.63) is 22.3 Å². The molecule has 3 rings (SSSR count). The summed E-state index contributed by atoms with van der Waals surface area (Å²) in [5, 5.41) is 0. The van der Waals surface area contributed by atoms with Gasteiger partial charge < -0.3 is 0 Å². The molecule has 0 amide bonds. The second-order valence-corrected chi connectivity index (χ2v) is 14.3. The molecule has 2 aliphatic carbocycles. The van der Waals surface area contributed by atoms with Crippen LogP contribution in [0.25, 0.3) is 0 Å². The summed E-state index contributed by atoms with van der Waals surface area (Å²) in [7, 11) is 0. The third-order valence-electron chi connectivity index (χ3n) is 10.2. The summed E-state index contributed by atoms with van der Waals surface area (Å²) in [5.41, 5.74) is 7.13. The van der Waals surface area contributed by atoms with E-state index in [2.05, 4.69) is 102 Å². The van der Waals surface area contributed by atoms with Crippen molar-refractivity contribution in [3.8, 4) is 0 Å². The maximum Gasteiger partial charge on any atom is 0.0126 e. The molecule has 2 saturated carbocycles. The second kappa shape index (κ2) is 15.1. The van der Waals surface area contributed by atoms with Crippen LogP contribution in [-0.4, -0.2) is 23.5 Å². The van der Waals surface area contributed by atoms with Gasteiger partial charge in [0, 0.05) is 12.1 Å². The average molecular weight is 502 g/mol. The van der Waals surface area contributed by atoms with Gasteiger partial charge in [-0.15, -0.1) is 0 Å². The minimum Gasteiger partial charge on any atom is -0.298 e. The molecule has 1 aliphatic heterocycles. The Morgan fingerprint density at radius 3 is 1.78 bits per heavy atom. The molecule has 0 aromatic rings. The Kier molecular flexibility index (Phi) is 14.1. The van der Waals surface area contributed by atoms with Crippen LogP contribution in [0.2, 0.25) is 0 Å². The molecule has 36 heavy (non-hydrogen) atoms. The highest BCUT2D eigenvalue weighted by atomic mass is 15.2. The van der Waals surface area contributed by atoms with Crippen molar-refractivity contribution >= 4 is 0 Å². The van der Waals surface area contributed by atoms with Crippen molar-refractivity contribution in [2.24, 2.45) is 35.0 Å². The van der Waals surface area contributed by atoms with Crippen molar-refractivity contribution in [1.29, 1.82) is 0 Å². The van der Waals surface area contributed by atoms with Gasteiger partial charge in [0.25, 0.3) is 0 Å². The lowest BCUT2D eigenvalue weighted by Crippen LogP contribution is -2.40. The summed E-state index contributed by atoms with van der Waals surface area (Å²) < 4.78 is 0. The Hall–Kier alpha value is -0.560. The third kappa shape index (κ3) is 9.03. The fourth-order valence-corrected chi connectivity index (χ4v) is 7.22. The molecule has 4 atom stereocenters. The fourth-order valence-electron chi connectivity index (χ4n) is 7.22. The van der Waals surface area contributed by atoms with Crippen LogP contribution in [-0.2, 0) is 0 Å². The van der Waals surface area contributed by atoms with Crippen molar-refractivity contribution in [2.45, 2.75) is 160 Å². The standard InChI is InChI=1S/C12H25N.C12H22.C11H20/c1-9(2)11(5)12-7-6-8-13(12)10(3)4;1-9(2)11-7-6-8-12(11,5)10(3)4;1-8(2)10-6-5-7-11(10)9(3)4/h9-12H,6-8H2,1-5H3;10H,6-8H2,1-5H3;8,10H,5-7H2,1-4H3/t11?,12-;12-;10-/m000/s1. The molecule has 0 aromatic carbocycles. The topological polar surface area (TPSA) is 3.24 Å². The fraction of sp³-hybridized carbons (Fsp3) is 0.886. The van der Waals surface area contributed by atoms with Crippen LogP contribution < -0.4 is 0 Å². The van der Waals surface area contributed by atoms with Gasteiger partial charge in [0.2, 0.25) is 0 Å². The van der Waals surface area contributed by atoms with E-state index < -0.39 is 0 Å². The van der Waals surface area contributed by atoms with Crippen LogP contribution in [0.1, 0.15) is 148 Å². The normalized spacial score (nSPS) is 27.5. The Balaban J connectivity index is 0.000000271. The van der Waals surface area contributed by atoms with E-state index in [1.807, 2.05) is 0 Å². The number of hydrogen-bond donors (Lipinski definition) is 0. The molecule has 0 aromatic heterocycles. The van der Waals surface area contributed by atoms with Gasteiger partial charge in [0.15, 0.2) is 0 Å². The van der Waals surface area contributed by atoms with Crippen molar-refractivity contribution in [1.82, 2.24) is 4.90 Å². The predicted molar refractivity (Wildman–Crippen MR) is 165 cm³/mol. The van der Waals surface area contributed by atoms with Crippen LogP contribution in [0.4, 0.5) is 0 Å². The van der Waals surface area contributed by atoms with Crippen molar-refractivity contribution < 1.29 is 0 Å². The monoisotopic (exact) mass is 502 g/mol. The van der Waals surface area contributed by atoms with E-state index in [0.717, 1.165) is 41.7 Å². The van der Waals surface area contributed by atoms with Gasteiger partial charge in [-0.05, 0) is 134 Å². The molecule has 0 N–H and O–H groups in total. The summed E-state index contributed by atoms with van der Waals surface area (Å²) in [6.45, 7) is 34.0. The zero-order chi connectivity index (χ0) is 27.8. The number of allylic oxidation sites excluding steroid dienone is 4. The van der Waals surface area contributed by atoms with Crippen LogP contribution in [0.5, 0.6) is 0 Å². The Bertz CT molecular complexity index is 698. The molecule has 0 bridgehead atoms. The summed E-state index contributed by atoms with van der Waals surface area (Å²) in [6, 6.07) is 1.58. The minimum atomic E-state index is 0.513. The minimum absolute atomic E-state index is 0.513. The first-order valence-electron chi connectivity index (χ1n) is 15.7. The molecule has 1 heteroatoms. The van der Waals surface area contributed by atoms with Gasteiger partial charge in [0.05, 0.1) is 0 Å². The van der Waals surface area contributed by atoms with Crippen molar-refractivity contribution in [3.63, 3.8) is 0 Å². The number of hydrogen-bond acceptors (Lipinski definition) is 1. The zero-order valence-corrected chi connectivity index (χ0v) is 27.4. The van der Waals surface area contributed by atoms with E-state index in [-0.39, 0.29) is 0 Å². The van der Waals surface area contributed by atoms with Gasteiger partial charge in [-0.25, -0.2) is 0 Å². The Morgan fingerprint density at radius 2 is 1.39 bits per heavy atom. The van der Waals surface area contributed by atoms with Crippen LogP contribution >= 0.6 is 0 Å². The van der Waals surface area contributed by atoms with Gasteiger partial charge in [-0.3, -0.25) is 4.90 Å². The van der Waals surface area contributed by atoms with Gasteiger partial charge in [0.1, 0.15) is 0 Å². The van der Waals surface area contributed by atoms with Gasteiger partial charge in [-0.2, -0.15) is 0 Å². The van der Waals surface area contributed by atoms with E-state index in [0.29, 0.717) is 5.41 Å². The van der Waals surface area contributed by atoms with Crippen LogP contribution in [0, 0.1) is 35.0 Å². The maximum atomic E-state index is 2.69. The van der Waals surface area contributed by atoms with E-state index in [1.54, 1.807) is 22.3 Å². The highest BCUT2D eigenvalue weighted by Crippen LogP contribution is 2.49. The second-order valence-electron chi connectivity index (χ2n) is 14.3. The zero-order valence-electron chi connectivity index (χ0n) is 27.4. The lowest BCUT2D eigenvalue weighted by molar-refractivity contribution is 0.135. The third-order valence-corrected chi connectivity index (χ3v) is 10.2. The molecule has 0 spiro atoms. The van der Waals surface area contributed by atoms with Crippen molar-refractivity contribution in [2.75, 3.05) is 6.54 Å². The van der Waals surface area contributed by atoms with E-state index in [9.17, 15) is 0 Å². The molecule has 3 fully saturated rings.